The predicted octanol–water partition coefficient (Wildman–Crippen LogP) is 7.01. The van der Waals surface area contributed by atoms with Crippen LogP contribution in [0.3, 0.4) is 0 Å². The average molecular weight is 504 g/mol. The van der Waals surface area contributed by atoms with Crippen LogP contribution in [0.15, 0.2) is 70.2 Å². The zero-order chi connectivity index (χ0) is 20.8. The number of nitrogens with zero attached hydrogens (tertiary/aromatic N) is 2. The van der Waals surface area contributed by atoms with Crippen LogP contribution in [0.4, 0.5) is 0 Å². The van der Waals surface area contributed by atoms with E-state index in [9.17, 15) is 0 Å². The number of benzene rings is 3. The molecule has 0 bridgehead atoms. The Morgan fingerprint density at radius 1 is 1.10 bits per heavy atom. The number of rotatable bonds is 3. The summed E-state index contributed by atoms with van der Waals surface area (Å²) < 4.78 is 12.6. The quantitative estimate of drug-likeness (QED) is 0.385. The summed E-state index contributed by atoms with van der Waals surface area (Å²) in [7, 11) is 1.66. The fourth-order valence-electron chi connectivity index (χ4n) is 3.95. The highest BCUT2D eigenvalue weighted by atomic mass is 79.9. The molecule has 152 valence electrons. The smallest absolute Gasteiger partial charge is 0.213 e. The molecule has 3 aromatic rings. The van der Waals surface area contributed by atoms with Crippen LogP contribution in [-0.2, 0) is 0 Å². The maximum absolute atomic E-state index is 6.52. The lowest BCUT2D eigenvalue weighted by atomic mass is 9.96. The molecule has 2 atom stereocenters. The third kappa shape index (κ3) is 3.45. The second-order valence-electron chi connectivity index (χ2n) is 7.21. The Labute approximate surface area is 193 Å². The SMILES string of the molecule is COc1ccc(C2=NN3[C@H](C2)c2cc(Cl)cc(Cl)c2O[C@H]3c2cccc(Br)c2)cc1. The van der Waals surface area contributed by atoms with Crippen molar-refractivity contribution in [2.75, 3.05) is 7.11 Å². The van der Waals surface area contributed by atoms with Crippen molar-refractivity contribution < 1.29 is 9.47 Å². The van der Waals surface area contributed by atoms with Gasteiger partial charge in [0, 0.05) is 27.0 Å². The molecule has 0 fully saturated rings. The molecular weight excluding hydrogens is 487 g/mol. The third-order valence-corrected chi connectivity index (χ3v) is 6.36. The van der Waals surface area contributed by atoms with Crippen molar-refractivity contribution in [1.29, 1.82) is 0 Å². The first-order valence-corrected chi connectivity index (χ1v) is 11.0. The third-order valence-electron chi connectivity index (χ3n) is 5.37. The minimum Gasteiger partial charge on any atom is -0.497 e. The van der Waals surface area contributed by atoms with Crippen LogP contribution >= 0.6 is 39.1 Å². The Kier molecular flexibility index (Phi) is 5.13. The zero-order valence-corrected chi connectivity index (χ0v) is 19.1. The molecule has 0 N–H and O–H groups in total. The largest absolute Gasteiger partial charge is 0.497 e. The summed E-state index contributed by atoms with van der Waals surface area (Å²) in [6, 6.07) is 19.6. The molecule has 0 radical (unpaired) electrons. The van der Waals surface area contributed by atoms with Crippen LogP contribution in [0.2, 0.25) is 10.0 Å². The van der Waals surface area contributed by atoms with Crippen molar-refractivity contribution in [3.05, 3.63) is 91.9 Å². The molecule has 0 saturated heterocycles. The van der Waals surface area contributed by atoms with Gasteiger partial charge >= 0.3 is 0 Å². The number of ether oxygens (including phenoxy) is 2. The van der Waals surface area contributed by atoms with E-state index in [1.165, 1.54) is 0 Å². The standard InChI is InChI=1S/C23H17BrCl2N2O2/c1-29-17-7-5-13(6-8-17)20-12-21-18-10-16(25)11-19(26)22(18)30-23(28(21)27-20)14-3-2-4-15(24)9-14/h2-11,21,23H,12H2,1H3/t21-,23+/m1/s1. The molecule has 0 aromatic heterocycles. The van der Waals surface area contributed by atoms with Gasteiger partial charge in [-0.1, -0.05) is 51.3 Å². The molecule has 2 aliphatic rings. The van der Waals surface area contributed by atoms with Gasteiger partial charge in [0.1, 0.15) is 11.5 Å². The van der Waals surface area contributed by atoms with Gasteiger partial charge in [-0.3, -0.25) is 0 Å². The molecule has 0 spiro atoms. The van der Waals surface area contributed by atoms with Gasteiger partial charge in [-0.2, -0.15) is 5.10 Å². The summed E-state index contributed by atoms with van der Waals surface area (Å²) in [6.45, 7) is 0. The molecule has 0 unspecified atom stereocenters. The van der Waals surface area contributed by atoms with Gasteiger partial charge in [0.25, 0.3) is 0 Å². The van der Waals surface area contributed by atoms with Gasteiger partial charge in [0.15, 0.2) is 0 Å². The van der Waals surface area contributed by atoms with E-state index in [0.717, 1.165) is 39.0 Å². The highest BCUT2D eigenvalue weighted by Gasteiger charge is 2.42. The molecule has 2 heterocycles. The van der Waals surface area contributed by atoms with Gasteiger partial charge < -0.3 is 9.47 Å². The number of fused-ring (bicyclic) bond motifs is 3. The van der Waals surface area contributed by atoms with Crippen molar-refractivity contribution in [1.82, 2.24) is 5.01 Å². The lowest BCUT2D eigenvalue weighted by Gasteiger charge is -2.38. The summed E-state index contributed by atoms with van der Waals surface area (Å²) in [5.41, 5.74) is 3.97. The lowest BCUT2D eigenvalue weighted by molar-refractivity contribution is -0.0189. The Morgan fingerprint density at radius 2 is 1.90 bits per heavy atom. The molecule has 5 rings (SSSR count). The molecular formula is C23H17BrCl2N2O2. The lowest BCUT2D eigenvalue weighted by Crippen LogP contribution is -2.33. The van der Waals surface area contributed by atoms with Crippen LogP contribution in [-0.4, -0.2) is 17.8 Å². The Hall–Kier alpha value is -2.21. The van der Waals surface area contributed by atoms with E-state index < -0.39 is 6.23 Å². The first-order chi connectivity index (χ1) is 14.5. The van der Waals surface area contributed by atoms with Crippen molar-refractivity contribution in [2.45, 2.75) is 18.7 Å². The molecule has 0 amide bonds. The first kappa shape index (κ1) is 19.7. The second kappa shape index (κ2) is 7.80. The summed E-state index contributed by atoms with van der Waals surface area (Å²) in [4.78, 5) is 0. The van der Waals surface area contributed by atoms with Crippen molar-refractivity contribution >= 4 is 44.8 Å². The average Bonchev–Trinajstić information content (AvgIpc) is 3.19. The molecule has 4 nitrogen and oxygen atoms in total. The van der Waals surface area contributed by atoms with Crippen molar-refractivity contribution in [3.63, 3.8) is 0 Å². The van der Waals surface area contributed by atoms with E-state index in [1.54, 1.807) is 13.2 Å². The predicted molar refractivity (Wildman–Crippen MR) is 123 cm³/mol. The molecule has 0 aliphatic carbocycles. The van der Waals surface area contributed by atoms with Crippen molar-refractivity contribution in [3.8, 4) is 11.5 Å². The van der Waals surface area contributed by atoms with E-state index in [2.05, 4.69) is 15.9 Å². The molecule has 0 saturated carbocycles. The topological polar surface area (TPSA) is 34.1 Å². The van der Waals surface area contributed by atoms with Crippen LogP contribution in [0.25, 0.3) is 0 Å². The van der Waals surface area contributed by atoms with Crippen molar-refractivity contribution in [2.24, 2.45) is 5.10 Å². The van der Waals surface area contributed by atoms with Gasteiger partial charge in [-0.05, 0) is 54.1 Å². The number of hydrogen-bond donors (Lipinski definition) is 0. The van der Waals surface area contributed by atoms with Gasteiger partial charge in [-0.25, -0.2) is 5.01 Å². The Balaban J connectivity index is 1.61. The summed E-state index contributed by atoms with van der Waals surface area (Å²) in [5, 5.41) is 8.07. The van der Waals surface area contributed by atoms with Crippen LogP contribution in [0.5, 0.6) is 11.5 Å². The highest BCUT2D eigenvalue weighted by molar-refractivity contribution is 9.10. The molecule has 30 heavy (non-hydrogen) atoms. The zero-order valence-electron chi connectivity index (χ0n) is 16.0. The van der Waals surface area contributed by atoms with Gasteiger partial charge in [0.05, 0.1) is 23.9 Å². The Morgan fingerprint density at radius 3 is 2.63 bits per heavy atom. The number of halogens is 3. The van der Waals surface area contributed by atoms with Gasteiger partial charge in [-0.15, -0.1) is 0 Å². The van der Waals surface area contributed by atoms with Crippen LogP contribution < -0.4 is 9.47 Å². The van der Waals surface area contributed by atoms with E-state index >= 15 is 0 Å². The fourth-order valence-corrected chi connectivity index (χ4v) is 4.92. The summed E-state index contributed by atoms with van der Waals surface area (Å²) in [5.74, 6) is 1.48. The second-order valence-corrected chi connectivity index (χ2v) is 8.97. The number of hydrazone groups is 1. The normalized spacial score (nSPS) is 19.6. The monoisotopic (exact) mass is 502 g/mol. The summed E-state index contributed by atoms with van der Waals surface area (Å²) in [6.07, 6.45) is 0.332. The van der Waals surface area contributed by atoms with Crippen LogP contribution in [0, 0.1) is 0 Å². The molecule has 2 aliphatic heterocycles. The van der Waals surface area contributed by atoms with E-state index in [4.69, 9.17) is 37.8 Å². The fraction of sp³-hybridized carbons (Fsp3) is 0.174. The maximum atomic E-state index is 6.52. The number of methoxy groups -OCH3 is 1. The Bertz CT molecular complexity index is 1150. The van der Waals surface area contributed by atoms with E-state index in [1.807, 2.05) is 59.6 Å². The maximum Gasteiger partial charge on any atom is 0.213 e. The van der Waals surface area contributed by atoms with Crippen LogP contribution in [0.1, 0.15) is 35.4 Å². The minimum atomic E-state index is -0.394. The van der Waals surface area contributed by atoms with E-state index in [-0.39, 0.29) is 6.04 Å². The summed E-state index contributed by atoms with van der Waals surface area (Å²) >= 11 is 16.4. The molecule has 3 aromatic carbocycles. The molecule has 7 heteroatoms. The highest BCUT2D eigenvalue weighted by Crippen LogP contribution is 2.50. The van der Waals surface area contributed by atoms with Gasteiger partial charge in [0.2, 0.25) is 6.23 Å². The minimum absolute atomic E-state index is 0.0222. The van der Waals surface area contributed by atoms with E-state index in [0.29, 0.717) is 15.8 Å². The first-order valence-electron chi connectivity index (χ1n) is 9.45. The number of hydrogen-bond acceptors (Lipinski definition) is 4.